The number of aromatic nitrogens is 2. The average Bonchev–Trinajstić information content (AvgIpc) is 2.68. The zero-order valence-electron chi connectivity index (χ0n) is 11.4. The quantitative estimate of drug-likeness (QED) is 0.939. The fourth-order valence-corrected chi connectivity index (χ4v) is 2.56. The number of halogens is 1. The molecule has 0 fully saturated rings. The van der Waals surface area contributed by atoms with Crippen molar-refractivity contribution in [1.82, 2.24) is 14.7 Å². The molecular weight excluding hydrogens is 306 g/mol. The number of nitrogens with zero attached hydrogens (tertiary/aromatic N) is 2. The van der Waals surface area contributed by atoms with Gasteiger partial charge in [0.2, 0.25) is 5.91 Å². The Morgan fingerprint density at radius 3 is 2.89 bits per heavy atom. The zero-order chi connectivity index (χ0) is 14.0. The first kappa shape index (κ1) is 14.1. The molecule has 1 N–H and O–H groups in total. The van der Waals surface area contributed by atoms with Crippen molar-refractivity contribution in [3.63, 3.8) is 0 Å². The standard InChI is InChI=1S/C14H18BrN3O/c1-9(2)4-13(19)16-6-12-8-18-7-11(15)5-10(3)14(18)17-12/h5,7-9H,4,6H2,1-3H3,(H,16,19). The van der Waals surface area contributed by atoms with E-state index in [1.807, 2.05) is 43.6 Å². The van der Waals surface area contributed by atoms with E-state index < -0.39 is 0 Å². The predicted molar refractivity (Wildman–Crippen MR) is 78.9 cm³/mol. The molecule has 0 unspecified atom stereocenters. The first-order valence-corrected chi connectivity index (χ1v) is 7.15. The van der Waals surface area contributed by atoms with Crippen LogP contribution >= 0.6 is 15.9 Å². The molecule has 0 aromatic carbocycles. The second-order valence-electron chi connectivity index (χ2n) is 5.18. The van der Waals surface area contributed by atoms with Gasteiger partial charge in [-0.05, 0) is 40.4 Å². The van der Waals surface area contributed by atoms with E-state index in [0.717, 1.165) is 21.4 Å². The number of aryl methyl sites for hydroxylation is 1. The summed E-state index contributed by atoms with van der Waals surface area (Å²) in [6.45, 7) is 6.56. The van der Waals surface area contributed by atoms with Crippen LogP contribution in [0.1, 0.15) is 31.5 Å². The summed E-state index contributed by atoms with van der Waals surface area (Å²) in [6, 6.07) is 2.03. The number of carbonyl (C=O) groups is 1. The summed E-state index contributed by atoms with van der Waals surface area (Å²) >= 11 is 3.46. The molecule has 2 rings (SSSR count). The Bertz CT molecular complexity index is 604. The van der Waals surface area contributed by atoms with Crippen LogP contribution in [0, 0.1) is 12.8 Å². The maximum Gasteiger partial charge on any atom is 0.220 e. The molecule has 0 aliphatic heterocycles. The lowest BCUT2D eigenvalue weighted by Gasteiger charge is -2.04. The monoisotopic (exact) mass is 323 g/mol. The molecule has 19 heavy (non-hydrogen) atoms. The molecule has 2 heterocycles. The summed E-state index contributed by atoms with van der Waals surface area (Å²) in [7, 11) is 0. The number of fused-ring (bicyclic) bond motifs is 1. The lowest BCUT2D eigenvalue weighted by molar-refractivity contribution is -0.121. The van der Waals surface area contributed by atoms with Crippen LogP contribution < -0.4 is 5.32 Å². The van der Waals surface area contributed by atoms with Gasteiger partial charge >= 0.3 is 0 Å². The van der Waals surface area contributed by atoms with Crippen LogP contribution in [0.2, 0.25) is 0 Å². The van der Waals surface area contributed by atoms with Crippen molar-refractivity contribution in [3.05, 3.63) is 34.2 Å². The maximum atomic E-state index is 11.6. The highest BCUT2D eigenvalue weighted by atomic mass is 79.9. The van der Waals surface area contributed by atoms with Gasteiger partial charge in [0, 0.05) is 23.3 Å². The molecule has 0 aliphatic rings. The predicted octanol–water partition coefficient (Wildman–Crippen LogP) is 3.07. The summed E-state index contributed by atoms with van der Waals surface area (Å²) in [4.78, 5) is 16.1. The normalized spacial score (nSPS) is 11.2. The fraction of sp³-hybridized carbons (Fsp3) is 0.429. The molecular formula is C14H18BrN3O. The third kappa shape index (κ3) is 3.56. The molecule has 2 aromatic heterocycles. The number of imidazole rings is 1. The van der Waals surface area contributed by atoms with Gasteiger partial charge in [0.25, 0.3) is 0 Å². The number of hydrogen-bond donors (Lipinski definition) is 1. The molecule has 0 aliphatic carbocycles. The van der Waals surface area contributed by atoms with E-state index in [0.29, 0.717) is 18.9 Å². The fourth-order valence-electron chi connectivity index (χ4n) is 1.99. The highest BCUT2D eigenvalue weighted by Crippen LogP contribution is 2.17. The molecule has 1 amide bonds. The number of amides is 1. The molecule has 0 radical (unpaired) electrons. The second-order valence-corrected chi connectivity index (χ2v) is 6.09. The second kappa shape index (κ2) is 5.74. The van der Waals surface area contributed by atoms with Crippen LogP contribution in [-0.4, -0.2) is 15.3 Å². The molecule has 0 bridgehead atoms. The molecule has 0 spiro atoms. The summed E-state index contributed by atoms with van der Waals surface area (Å²) < 4.78 is 2.99. The van der Waals surface area contributed by atoms with Gasteiger partial charge in [0.1, 0.15) is 5.65 Å². The number of rotatable bonds is 4. The van der Waals surface area contributed by atoms with Crippen LogP contribution in [0.5, 0.6) is 0 Å². The number of nitrogens with one attached hydrogen (secondary N) is 1. The molecule has 0 atom stereocenters. The van der Waals surface area contributed by atoms with Crippen LogP contribution in [0.15, 0.2) is 22.9 Å². The lowest BCUT2D eigenvalue weighted by atomic mass is 10.1. The number of pyridine rings is 1. The van der Waals surface area contributed by atoms with Gasteiger partial charge in [-0.1, -0.05) is 13.8 Å². The minimum absolute atomic E-state index is 0.0740. The highest BCUT2D eigenvalue weighted by molar-refractivity contribution is 9.10. The molecule has 102 valence electrons. The highest BCUT2D eigenvalue weighted by Gasteiger charge is 2.08. The summed E-state index contributed by atoms with van der Waals surface area (Å²) in [5, 5.41) is 2.90. The Morgan fingerprint density at radius 1 is 1.47 bits per heavy atom. The van der Waals surface area contributed by atoms with Gasteiger partial charge in [-0.2, -0.15) is 0 Å². The maximum absolute atomic E-state index is 11.6. The van der Waals surface area contributed by atoms with Gasteiger partial charge in [0.05, 0.1) is 12.2 Å². The van der Waals surface area contributed by atoms with Crippen LogP contribution in [0.25, 0.3) is 5.65 Å². The van der Waals surface area contributed by atoms with Crippen molar-refractivity contribution in [2.45, 2.75) is 33.7 Å². The van der Waals surface area contributed by atoms with Crippen molar-refractivity contribution >= 4 is 27.5 Å². The van der Waals surface area contributed by atoms with Crippen LogP contribution in [0.4, 0.5) is 0 Å². The van der Waals surface area contributed by atoms with E-state index in [9.17, 15) is 4.79 Å². The Kier molecular flexibility index (Phi) is 4.24. The van der Waals surface area contributed by atoms with E-state index in [1.54, 1.807) is 0 Å². The topological polar surface area (TPSA) is 46.4 Å². The molecule has 4 nitrogen and oxygen atoms in total. The Hall–Kier alpha value is -1.36. The van der Waals surface area contributed by atoms with E-state index in [4.69, 9.17) is 0 Å². The largest absolute Gasteiger partial charge is 0.350 e. The van der Waals surface area contributed by atoms with Gasteiger partial charge in [-0.25, -0.2) is 4.98 Å². The third-order valence-electron chi connectivity index (χ3n) is 2.81. The zero-order valence-corrected chi connectivity index (χ0v) is 13.0. The molecule has 5 heteroatoms. The van der Waals surface area contributed by atoms with Gasteiger partial charge in [0.15, 0.2) is 0 Å². The van der Waals surface area contributed by atoms with Crippen molar-refractivity contribution in [2.75, 3.05) is 0 Å². The van der Waals surface area contributed by atoms with Gasteiger partial charge < -0.3 is 9.72 Å². The number of hydrogen-bond acceptors (Lipinski definition) is 2. The van der Waals surface area contributed by atoms with E-state index in [1.165, 1.54) is 0 Å². The summed E-state index contributed by atoms with van der Waals surface area (Å²) in [6.07, 6.45) is 4.47. The van der Waals surface area contributed by atoms with Crippen molar-refractivity contribution < 1.29 is 4.79 Å². The van der Waals surface area contributed by atoms with Crippen molar-refractivity contribution in [1.29, 1.82) is 0 Å². The number of carbonyl (C=O) groups excluding carboxylic acids is 1. The minimum Gasteiger partial charge on any atom is -0.350 e. The van der Waals surface area contributed by atoms with Gasteiger partial charge in [-0.3, -0.25) is 4.79 Å². The van der Waals surface area contributed by atoms with E-state index in [2.05, 4.69) is 26.2 Å². The van der Waals surface area contributed by atoms with Crippen molar-refractivity contribution in [3.8, 4) is 0 Å². The van der Waals surface area contributed by atoms with E-state index in [-0.39, 0.29) is 5.91 Å². The third-order valence-corrected chi connectivity index (χ3v) is 3.25. The average molecular weight is 324 g/mol. The van der Waals surface area contributed by atoms with Gasteiger partial charge in [-0.15, -0.1) is 0 Å². The molecule has 0 saturated heterocycles. The first-order chi connectivity index (χ1) is 8.95. The summed E-state index contributed by atoms with van der Waals surface area (Å²) in [5.41, 5.74) is 2.91. The molecule has 0 saturated carbocycles. The summed E-state index contributed by atoms with van der Waals surface area (Å²) in [5.74, 6) is 0.448. The van der Waals surface area contributed by atoms with E-state index >= 15 is 0 Å². The van der Waals surface area contributed by atoms with Crippen molar-refractivity contribution in [2.24, 2.45) is 5.92 Å². The minimum atomic E-state index is 0.0740. The Morgan fingerprint density at radius 2 is 2.21 bits per heavy atom. The first-order valence-electron chi connectivity index (χ1n) is 6.36. The van der Waals surface area contributed by atoms with Crippen LogP contribution in [-0.2, 0) is 11.3 Å². The molecule has 2 aromatic rings. The lowest BCUT2D eigenvalue weighted by Crippen LogP contribution is -2.24. The SMILES string of the molecule is Cc1cc(Br)cn2cc(CNC(=O)CC(C)C)nc12. The van der Waals surface area contributed by atoms with Crippen LogP contribution in [0.3, 0.4) is 0 Å². The Labute approximate surface area is 121 Å². The smallest absolute Gasteiger partial charge is 0.220 e. The Balaban J connectivity index is 2.10.